The molecule has 1 aromatic rings. The Bertz CT molecular complexity index is 397. The standard InChI is InChI=1S/C11H16N4O3/c1-2-18-11(17)15(8-5-12)10(16)14-9-3-6-13-7-4-9/h3-4,6-7H,2,5,8,12H2,1H3,(H,13,14,16). The van der Waals surface area contributed by atoms with Gasteiger partial charge in [0.25, 0.3) is 0 Å². The normalized spacial score (nSPS) is 9.67. The number of rotatable bonds is 4. The number of carbonyl (C=O) groups is 2. The average molecular weight is 252 g/mol. The zero-order valence-electron chi connectivity index (χ0n) is 10.1. The summed E-state index contributed by atoms with van der Waals surface area (Å²) in [5.41, 5.74) is 5.90. The number of nitrogens with two attached hydrogens (primary N) is 1. The molecule has 7 nitrogen and oxygen atoms in total. The maximum absolute atomic E-state index is 11.9. The summed E-state index contributed by atoms with van der Waals surface area (Å²) in [5, 5.41) is 2.56. The molecule has 7 heteroatoms. The molecule has 0 radical (unpaired) electrons. The van der Waals surface area contributed by atoms with Gasteiger partial charge in [-0.25, -0.2) is 14.5 Å². The smallest absolute Gasteiger partial charge is 0.418 e. The topological polar surface area (TPSA) is 97.5 Å². The van der Waals surface area contributed by atoms with Gasteiger partial charge in [0.2, 0.25) is 0 Å². The number of imide groups is 1. The summed E-state index contributed by atoms with van der Waals surface area (Å²) in [6.45, 7) is 2.13. The molecule has 0 spiro atoms. The number of anilines is 1. The number of amides is 3. The Hall–Kier alpha value is -2.15. The summed E-state index contributed by atoms with van der Waals surface area (Å²) >= 11 is 0. The van der Waals surface area contributed by atoms with E-state index in [-0.39, 0.29) is 19.7 Å². The molecule has 1 aromatic heterocycles. The minimum Gasteiger partial charge on any atom is -0.449 e. The first-order chi connectivity index (χ1) is 8.69. The van der Waals surface area contributed by atoms with Crippen LogP contribution in [0.25, 0.3) is 0 Å². The molecule has 3 N–H and O–H groups in total. The quantitative estimate of drug-likeness (QED) is 0.834. The van der Waals surface area contributed by atoms with E-state index in [0.717, 1.165) is 4.90 Å². The van der Waals surface area contributed by atoms with Crippen LogP contribution < -0.4 is 11.1 Å². The van der Waals surface area contributed by atoms with Gasteiger partial charge in [-0.05, 0) is 19.1 Å². The lowest BCUT2D eigenvalue weighted by atomic mass is 10.4. The summed E-state index contributed by atoms with van der Waals surface area (Å²) < 4.78 is 4.77. The van der Waals surface area contributed by atoms with Gasteiger partial charge in [0, 0.05) is 31.2 Å². The van der Waals surface area contributed by atoms with E-state index < -0.39 is 12.1 Å². The molecule has 0 aliphatic carbocycles. The van der Waals surface area contributed by atoms with E-state index in [2.05, 4.69) is 10.3 Å². The number of nitrogens with one attached hydrogen (secondary N) is 1. The van der Waals surface area contributed by atoms with Crippen LogP contribution in [-0.2, 0) is 4.74 Å². The number of urea groups is 1. The monoisotopic (exact) mass is 252 g/mol. The minimum absolute atomic E-state index is 0.0930. The molecule has 0 fully saturated rings. The van der Waals surface area contributed by atoms with Crippen molar-refractivity contribution in [2.45, 2.75) is 6.92 Å². The first kappa shape index (κ1) is 13.9. The van der Waals surface area contributed by atoms with Gasteiger partial charge in [-0.15, -0.1) is 0 Å². The molecular formula is C11H16N4O3. The lowest BCUT2D eigenvalue weighted by molar-refractivity contribution is 0.118. The maximum Gasteiger partial charge on any atom is 0.418 e. The third-order valence-electron chi connectivity index (χ3n) is 2.02. The van der Waals surface area contributed by atoms with E-state index in [9.17, 15) is 9.59 Å². The van der Waals surface area contributed by atoms with E-state index >= 15 is 0 Å². The second-order valence-electron chi connectivity index (χ2n) is 3.31. The Morgan fingerprint density at radius 1 is 1.44 bits per heavy atom. The predicted octanol–water partition coefficient (Wildman–Crippen LogP) is 1.03. The van der Waals surface area contributed by atoms with Gasteiger partial charge in [0.1, 0.15) is 0 Å². The molecule has 1 heterocycles. The summed E-state index contributed by atoms with van der Waals surface area (Å²) in [4.78, 5) is 28.1. The molecule has 0 aliphatic heterocycles. The highest BCUT2D eigenvalue weighted by atomic mass is 16.6. The van der Waals surface area contributed by atoms with E-state index in [1.54, 1.807) is 19.1 Å². The van der Waals surface area contributed by atoms with Crippen molar-refractivity contribution in [1.29, 1.82) is 0 Å². The van der Waals surface area contributed by atoms with Crippen molar-refractivity contribution >= 4 is 17.8 Å². The van der Waals surface area contributed by atoms with Gasteiger partial charge >= 0.3 is 12.1 Å². The van der Waals surface area contributed by atoms with Crippen LogP contribution in [0.4, 0.5) is 15.3 Å². The maximum atomic E-state index is 11.9. The average Bonchev–Trinajstić information content (AvgIpc) is 2.37. The van der Waals surface area contributed by atoms with Gasteiger partial charge in [-0.1, -0.05) is 0 Å². The highest BCUT2D eigenvalue weighted by Gasteiger charge is 2.21. The fourth-order valence-electron chi connectivity index (χ4n) is 1.23. The molecule has 3 amide bonds. The largest absolute Gasteiger partial charge is 0.449 e. The van der Waals surface area contributed by atoms with Gasteiger partial charge < -0.3 is 15.8 Å². The van der Waals surface area contributed by atoms with Crippen LogP contribution in [0.1, 0.15) is 6.92 Å². The number of hydrogen-bond acceptors (Lipinski definition) is 5. The molecule has 0 atom stereocenters. The first-order valence-electron chi connectivity index (χ1n) is 5.54. The Morgan fingerprint density at radius 3 is 2.67 bits per heavy atom. The van der Waals surface area contributed by atoms with Crippen LogP contribution in [0.2, 0.25) is 0 Å². The zero-order valence-corrected chi connectivity index (χ0v) is 10.1. The zero-order chi connectivity index (χ0) is 13.4. The third kappa shape index (κ3) is 4.02. The molecule has 0 saturated heterocycles. The summed E-state index contributed by atoms with van der Waals surface area (Å²) in [7, 11) is 0. The van der Waals surface area contributed by atoms with Crippen LogP contribution >= 0.6 is 0 Å². The van der Waals surface area contributed by atoms with Crippen molar-refractivity contribution in [1.82, 2.24) is 9.88 Å². The first-order valence-corrected chi connectivity index (χ1v) is 5.54. The second-order valence-corrected chi connectivity index (χ2v) is 3.31. The van der Waals surface area contributed by atoms with Crippen LogP contribution in [0.15, 0.2) is 24.5 Å². The molecule has 0 aliphatic rings. The van der Waals surface area contributed by atoms with Crippen molar-refractivity contribution < 1.29 is 14.3 Å². The number of aromatic nitrogens is 1. The van der Waals surface area contributed by atoms with Gasteiger partial charge in [-0.3, -0.25) is 4.98 Å². The van der Waals surface area contributed by atoms with Gasteiger partial charge in [0.05, 0.1) is 6.61 Å². The number of nitrogens with zero attached hydrogens (tertiary/aromatic N) is 2. The number of ether oxygens (including phenoxy) is 1. The Labute approximate surface area is 105 Å². The minimum atomic E-state index is -0.713. The second kappa shape index (κ2) is 7.23. The third-order valence-corrected chi connectivity index (χ3v) is 2.02. The fourth-order valence-corrected chi connectivity index (χ4v) is 1.23. The van der Waals surface area contributed by atoms with E-state index in [4.69, 9.17) is 10.5 Å². The summed E-state index contributed by atoms with van der Waals surface area (Å²) in [6.07, 6.45) is 2.36. The summed E-state index contributed by atoms with van der Waals surface area (Å²) in [5.74, 6) is 0. The highest BCUT2D eigenvalue weighted by molar-refractivity contribution is 5.98. The van der Waals surface area contributed by atoms with Gasteiger partial charge in [0.15, 0.2) is 0 Å². The van der Waals surface area contributed by atoms with Crippen molar-refractivity contribution in [2.75, 3.05) is 25.0 Å². The molecule has 0 saturated carbocycles. The highest BCUT2D eigenvalue weighted by Crippen LogP contribution is 2.06. The van der Waals surface area contributed by atoms with E-state index in [0.29, 0.717) is 5.69 Å². The van der Waals surface area contributed by atoms with Crippen molar-refractivity contribution in [2.24, 2.45) is 5.73 Å². The molecule has 0 aromatic carbocycles. The van der Waals surface area contributed by atoms with Crippen LogP contribution in [0.5, 0.6) is 0 Å². The molecular weight excluding hydrogens is 236 g/mol. The fraction of sp³-hybridized carbons (Fsp3) is 0.364. The SMILES string of the molecule is CCOC(=O)N(CCN)C(=O)Nc1ccncc1. The molecule has 98 valence electrons. The Balaban J connectivity index is 2.68. The van der Waals surface area contributed by atoms with Crippen LogP contribution in [0, 0.1) is 0 Å². The Kier molecular flexibility index (Phi) is 5.59. The van der Waals surface area contributed by atoms with Gasteiger partial charge in [-0.2, -0.15) is 0 Å². The van der Waals surface area contributed by atoms with Crippen LogP contribution in [-0.4, -0.2) is 41.7 Å². The Morgan fingerprint density at radius 2 is 2.11 bits per heavy atom. The van der Waals surface area contributed by atoms with Crippen molar-refractivity contribution in [3.05, 3.63) is 24.5 Å². The molecule has 1 rings (SSSR count). The number of carbonyl (C=O) groups excluding carboxylic acids is 2. The lowest BCUT2D eigenvalue weighted by Gasteiger charge is -2.19. The number of pyridine rings is 1. The molecule has 18 heavy (non-hydrogen) atoms. The van der Waals surface area contributed by atoms with E-state index in [1.165, 1.54) is 12.4 Å². The predicted molar refractivity (Wildman–Crippen MR) is 66.0 cm³/mol. The van der Waals surface area contributed by atoms with E-state index in [1.807, 2.05) is 0 Å². The molecule has 0 unspecified atom stereocenters. The van der Waals surface area contributed by atoms with Crippen molar-refractivity contribution in [3.63, 3.8) is 0 Å². The van der Waals surface area contributed by atoms with Crippen LogP contribution in [0.3, 0.4) is 0 Å². The molecule has 0 bridgehead atoms. The lowest BCUT2D eigenvalue weighted by Crippen LogP contribution is -2.43. The number of hydrogen-bond donors (Lipinski definition) is 2. The summed E-state index contributed by atoms with van der Waals surface area (Å²) in [6, 6.07) is 2.65. The van der Waals surface area contributed by atoms with Crippen molar-refractivity contribution in [3.8, 4) is 0 Å².